The van der Waals surface area contributed by atoms with Crippen LogP contribution in [0.5, 0.6) is 5.75 Å². The van der Waals surface area contributed by atoms with E-state index in [0.29, 0.717) is 13.2 Å². The van der Waals surface area contributed by atoms with Crippen molar-refractivity contribution in [3.8, 4) is 17.6 Å². The quantitative estimate of drug-likeness (QED) is 0.869. The SMILES string of the molecule is NCC#Cc1cccc(OCC2CCC3(CCCC3)O2)c1. The zero-order valence-corrected chi connectivity index (χ0v) is 12.4. The summed E-state index contributed by atoms with van der Waals surface area (Å²) >= 11 is 0. The molecule has 1 saturated carbocycles. The highest BCUT2D eigenvalue weighted by Crippen LogP contribution is 2.43. The van der Waals surface area contributed by atoms with E-state index in [4.69, 9.17) is 15.2 Å². The zero-order valence-electron chi connectivity index (χ0n) is 12.4. The summed E-state index contributed by atoms with van der Waals surface area (Å²) in [6.45, 7) is 1.01. The van der Waals surface area contributed by atoms with Gasteiger partial charge in [0.1, 0.15) is 12.4 Å². The van der Waals surface area contributed by atoms with Crippen molar-refractivity contribution in [3.05, 3.63) is 29.8 Å². The zero-order chi connectivity index (χ0) is 14.5. The average molecular weight is 285 g/mol. The van der Waals surface area contributed by atoms with Crippen LogP contribution in [-0.4, -0.2) is 24.9 Å². The molecule has 1 heterocycles. The Morgan fingerprint density at radius 2 is 2.14 bits per heavy atom. The Balaban J connectivity index is 1.53. The van der Waals surface area contributed by atoms with Crippen LogP contribution in [-0.2, 0) is 4.74 Å². The molecule has 1 atom stereocenters. The molecule has 21 heavy (non-hydrogen) atoms. The Morgan fingerprint density at radius 3 is 2.95 bits per heavy atom. The molecule has 1 aliphatic heterocycles. The summed E-state index contributed by atoms with van der Waals surface area (Å²) in [5.41, 5.74) is 6.52. The van der Waals surface area contributed by atoms with Gasteiger partial charge in [0.2, 0.25) is 0 Å². The highest BCUT2D eigenvalue weighted by atomic mass is 16.6. The lowest BCUT2D eigenvalue weighted by molar-refractivity contribution is -0.0508. The summed E-state index contributed by atoms with van der Waals surface area (Å²) < 4.78 is 12.1. The van der Waals surface area contributed by atoms with Gasteiger partial charge in [0.05, 0.1) is 18.2 Å². The van der Waals surface area contributed by atoms with Gasteiger partial charge in [-0.3, -0.25) is 0 Å². The number of nitrogens with two attached hydrogens (primary N) is 1. The molecule has 1 spiro atoms. The Morgan fingerprint density at radius 1 is 1.29 bits per heavy atom. The van der Waals surface area contributed by atoms with Crippen molar-refractivity contribution in [3.63, 3.8) is 0 Å². The Bertz CT molecular complexity index is 538. The lowest BCUT2D eigenvalue weighted by Crippen LogP contribution is -2.27. The van der Waals surface area contributed by atoms with Crippen LogP contribution in [0, 0.1) is 11.8 Å². The van der Waals surface area contributed by atoms with E-state index >= 15 is 0 Å². The predicted molar refractivity (Wildman–Crippen MR) is 83.2 cm³/mol. The first-order chi connectivity index (χ1) is 10.3. The second-order valence-corrected chi connectivity index (χ2v) is 6.01. The molecule has 0 radical (unpaired) electrons. The van der Waals surface area contributed by atoms with Gasteiger partial charge >= 0.3 is 0 Å². The molecular weight excluding hydrogens is 262 g/mol. The van der Waals surface area contributed by atoms with Gasteiger partial charge in [-0.15, -0.1) is 0 Å². The van der Waals surface area contributed by atoms with Crippen molar-refractivity contribution in [1.29, 1.82) is 0 Å². The summed E-state index contributed by atoms with van der Waals surface area (Å²) in [7, 11) is 0. The predicted octanol–water partition coefficient (Wildman–Crippen LogP) is 2.87. The second kappa shape index (κ2) is 6.51. The van der Waals surface area contributed by atoms with Crippen LogP contribution in [0.2, 0.25) is 0 Å². The standard InChI is InChI=1S/C18H23NO2/c19-12-4-6-15-5-3-7-16(13-15)20-14-17-8-11-18(21-17)9-1-2-10-18/h3,5,7,13,17H,1-2,8-12,14,19H2. The molecule has 0 bridgehead atoms. The molecule has 2 fully saturated rings. The molecule has 3 heteroatoms. The number of benzene rings is 1. The molecule has 3 nitrogen and oxygen atoms in total. The lowest BCUT2D eigenvalue weighted by atomic mass is 9.98. The van der Waals surface area contributed by atoms with Crippen molar-refractivity contribution in [2.75, 3.05) is 13.2 Å². The van der Waals surface area contributed by atoms with Gasteiger partial charge in [-0.05, 0) is 43.9 Å². The maximum absolute atomic E-state index is 6.26. The highest BCUT2D eigenvalue weighted by Gasteiger charge is 2.42. The fraction of sp³-hybridized carbons (Fsp3) is 0.556. The van der Waals surface area contributed by atoms with Crippen LogP contribution in [0.1, 0.15) is 44.1 Å². The molecule has 112 valence electrons. The monoisotopic (exact) mass is 285 g/mol. The molecule has 1 saturated heterocycles. The van der Waals surface area contributed by atoms with E-state index in [0.717, 1.165) is 17.7 Å². The number of hydrogen-bond acceptors (Lipinski definition) is 3. The Labute approximate surface area is 126 Å². The second-order valence-electron chi connectivity index (χ2n) is 6.01. The summed E-state index contributed by atoms with van der Waals surface area (Å²) in [5, 5.41) is 0. The number of rotatable bonds is 3. The maximum atomic E-state index is 6.26. The van der Waals surface area contributed by atoms with Crippen molar-refractivity contribution >= 4 is 0 Å². The Kier molecular flexibility index (Phi) is 4.48. The van der Waals surface area contributed by atoms with Crippen LogP contribution in [0.15, 0.2) is 24.3 Å². The van der Waals surface area contributed by atoms with E-state index in [2.05, 4.69) is 11.8 Å². The minimum atomic E-state index is 0.183. The van der Waals surface area contributed by atoms with E-state index in [9.17, 15) is 0 Å². The molecule has 1 aromatic rings. The first kappa shape index (κ1) is 14.4. The van der Waals surface area contributed by atoms with E-state index < -0.39 is 0 Å². The third kappa shape index (κ3) is 3.58. The summed E-state index contributed by atoms with van der Waals surface area (Å²) in [5.74, 6) is 6.74. The third-order valence-electron chi connectivity index (χ3n) is 4.46. The average Bonchev–Trinajstić information content (AvgIpc) is 3.14. The van der Waals surface area contributed by atoms with Gasteiger partial charge in [-0.25, -0.2) is 0 Å². The summed E-state index contributed by atoms with van der Waals surface area (Å²) in [6.07, 6.45) is 7.64. The largest absolute Gasteiger partial charge is 0.491 e. The molecule has 0 aromatic heterocycles. The molecule has 1 aromatic carbocycles. The maximum Gasteiger partial charge on any atom is 0.120 e. The smallest absolute Gasteiger partial charge is 0.120 e. The molecule has 2 aliphatic rings. The lowest BCUT2D eigenvalue weighted by Gasteiger charge is -2.23. The molecule has 3 rings (SSSR count). The minimum Gasteiger partial charge on any atom is -0.491 e. The van der Waals surface area contributed by atoms with E-state index in [1.807, 2.05) is 24.3 Å². The van der Waals surface area contributed by atoms with Crippen LogP contribution in [0.4, 0.5) is 0 Å². The number of ether oxygens (including phenoxy) is 2. The molecule has 0 amide bonds. The Hall–Kier alpha value is -1.50. The van der Waals surface area contributed by atoms with Crippen LogP contribution >= 0.6 is 0 Å². The van der Waals surface area contributed by atoms with Gasteiger partial charge < -0.3 is 15.2 Å². The van der Waals surface area contributed by atoms with Crippen LogP contribution < -0.4 is 10.5 Å². The fourth-order valence-corrected chi connectivity index (χ4v) is 3.41. The van der Waals surface area contributed by atoms with Crippen molar-refractivity contribution in [2.45, 2.75) is 50.2 Å². The van der Waals surface area contributed by atoms with Crippen LogP contribution in [0.3, 0.4) is 0 Å². The number of hydrogen-bond donors (Lipinski definition) is 1. The molecule has 1 aliphatic carbocycles. The van der Waals surface area contributed by atoms with Gasteiger partial charge in [0, 0.05) is 5.56 Å². The minimum absolute atomic E-state index is 0.183. The van der Waals surface area contributed by atoms with E-state index in [-0.39, 0.29) is 11.7 Å². The van der Waals surface area contributed by atoms with Crippen LogP contribution in [0.25, 0.3) is 0 Å². The first-order valence-electron chi connectivity index (χ1n) is 7.89. The van der Waals surface area contributed by atoms with Gasteiger partial charge in [0.25, 0.3) is 0 Å². The molecular formula is C18H23NO2. The van der Waals surface area contributed by atoms with E-state index in [1.165, 1.54) is 32.1 Å². The van der Waals surface area contributed by atoms with Crippen molar-refractivity contribution in [2.24, 2.45) is 5.73 Å². The first-order valence-corrected chi connectivity index (χ1v) is 7.89. The summed E-state index contributed by atoms with van der Waals surface area (Å²) in [6, 6.07) is 7.86. The molecule has 1 unspecified atom stereocenters. The fourth-order valence-electron chi connectivity index (χ4n) is 3.41. The normalized spacial score (nSPS) is 23.0. The van der Waals surface area contributed by atoms with Crippen molar-refractivity contribution < 1.29 is 9.47 Å². The van der Waals surface area contributed by atoms with Gasteiger partial charge in [0.15, 0.2) is 0 Å². The van der Waals surface area contributed by atoms with Gasteiger partial charge in [-0.2, -0.15) is 0 Å². The van der Waals surface area contributed by atoms with Gasteiger partial charge in [-0.1, -0.05) is 30.7 Å². The topological polar surface area (TPSA) is 44.5 Å². The third-order valence-corrected chi connectivity index (χ3v) is 4.46. The molecule has 2 N–H and O–H groups in total. The highest BCUT2D eigenvalue weighted by molar-refractivity contribution is 5.39. The van der Waals surface area contributed by atoms with Crippen molar-refractivity contribution in [1.82, 2.24) is 0 Å². The summed E-state index contributed by atoms with van der Waals surface area (Å²) in [4.78, 5) is 0. The van der Waals surface area contributed by atoms with E-state index in [1.54, 1.807) is 0 Å².